The number of nitrogens with two attached hydrogens (primary N) is 1. The molecule has 0 radical (unpaired) electrons. The second kappa shape index (κ2) is 7.34. The molecular weight excluding hydrogens is 231 g/mol. The fourth-order valence-electron chi connectivity index (χ4n) is 1.85. The average molecular weight is 254 g/mol. The molecule has 0 aliphatic rings. The summed E-state index contributed by atoms with van der Waals surface area (Å²) in [6.07, 6.45) is 1.04. The Morgan fingerprint density at radius 2 is 2.17 bits per heavy atom. The maximum absolute atomic E-state index is 13.2. The lowest BCUT2D eigenvalue weighted by atomic mass is 10.1. The van der Waals surface area contributed by atoms with Crippen molar-refractivity contribution < 1.29 is 9.13 Å². The smallest absolute Gasteiger partial charge is 0.123 e. The Balaban J connectivity index is 2.77. The molecule has 0 saturated carbocycles. The summed E-state index contributed by atoms with van der Waals surface area (Å²) in [7, 11) is 1.69. The molecule has 3 nitrogen and oxygen atoms in total. The first-order valence-corrected chi connectivity index (χ1v) is 6.35. The van der Waals surface area contributed by atoms with Gasteiger partial charge in [0.15, 0.2) is 0 Å². The predicted molar refractivity (Wildman–Crippen MR) is 72.9 cm³/mol. The summed E-state index contributed by atoms with van der Waals surface area (Å²) in [5.74, 6) is -0.241. The summed E-state index contributed by atoms with van der Waals surface area (Å²) in [4.78, 5) is 2.26. The monoisotopic (exact) mass is 254 g/mol. The quantitative estimate of drug-likeness (QED) is 0.760. The maximum Gasteiger partial charge on any atom is 0.123 e. The summed E-state index contributed by atoms with van der Waals surface area (Å²) >= 11 is 0. The summed E-state index contributed by atoms with van der Waals surface area (Å²) < 4.78 is 18.3. The van der Waals surface area contributed by atoms with E-state index in [4.69, 9.17) is 10.5 Å². The normalized spacial score (nSPS) is 12.9. The van der Waals surface area contributed by atoms with E-state index in [0.717, 1.165) is 18.5 Å². The van der Waals surface area contributed by atoms with Crippen molar-refractivity contribution in [3.05, 3.63) is 29.6 Å². The van der Waals surface area contributed by atoms with Crippen molar-refractivity contribution in [2.75, 3.05) is 26.0 Å². The molecule has 0 fully saturated rings. The molecule has 1 unspecified atom stereocenters. The Morgan fingerprint density at radius 3 is 2.78 bits per heavy atom. The van der Waals surface area contributed by atoms with E-state index in [1.54, 1.807) is 13.2 Å². The molecule has 1 atom stereocenters. The van der Waals surface area contributed by atoms with Gasteiger partial charge in [0.25, 0.3) is 0 Å². The van der Waals surface area contributed by atoms with Gasteiger partial charge in [-0.15, -0.1) is 0 Å². The van der Waals surface area contributed by atoms with Crippen molar-refractivity contribution in [3.8, 4) is 0 Å². The van der Waals surface area contributed by atoms with Crippen LogP contribution < -0.4 is 5.73 Å². The largest absolute Gasteiger partial charge is 0.398 e. The second-order valence-corrected chi connectivity index (χ2v) is 4.56. The van der Waals surface area contributed by atoms with E-state index in [0.29, 0.717) is 24.9 Å². The Hall–Kier alpha value is -1.13. The highest BCUT2D eigenvalue weighted by molar-refractivity contribution is 5.46. The number of methoxy groups -OCH3 is 1. The van der Waals surface area contributed by atoms with Gasteiger partial charge in [0, 0.05) is 31.9 Å². The van der Waals surface area contributed by atoms with E-state index in [2.05, 4.69) is 18.7 Å². The van der Waals surface area contributed by atoms with Crippen LogP contribution in [0.5, 0.6) is 0 Å². The van der Waals surface area contributed by atoms with E-state index >= 15 is 0 Å². The van der Waals surface area contributed by atoms with Crippen LogP contribution in [0.25, 0.3) is 0 Å². The van der Waals surface area contributed by atoms with Gasteiger partial charge in [0.2, 0.25) is 0 Å². The molecule has 0 amide bonds. The first-order valence-electron chi connectivity index (χ1n) is 6.35. The number of halogens is 1. The fraction of sp³-hybridized carbons (Fsp3) is 0.571. The van der Waals surface area contributed by atoms with Gasteiger partial charge in [-0.1, -0.05) is 6.92 Å². The van der Waals surface area contributed by atoms with Crippen molar-refractivity contribution in [2.24, 2.45) is 0 Å². The zero-order valence-electron chi connectivity index (χ0n) is 11.4. The van der Waals surface area contributed by atoms with Crippen LogP contribution in [-0.2, 0) is 11.3 Å². The van der Waals surface area contributed by atoms with E-state index in [1.807, 2.05) is 0 Å². The molecule has 102 valence electrons. The third-order valence-electron chi connectivity index (χ3n) is 3.28. The summed E-state index contributed by atoms with van der Waals surface area (Å²) in [6.45, 7) is 6.44. The van der Waals surface area contributed by atoms with Crippen LogP contribution in [0.2, 0.25) is 0 Å². The van der Waals surface area contributed by atoms with Crippen molar-refractivity contribution in [3.63, 3.8) is 0 Å². The number of benzene rings is 1. The van der Waals surface area contributed by atoms with Gasteiger partial charge >= 0.3 is 0 Å². The molecule has 0 bridgehead atoms. The molecule has 0 aromatic heterocycles. The standard InChI is InChI=1S/C14H23FN2O/c1-4-11(2)17(7-8-18-3)10-12-9-13(15)5-6-14(12)16/h5-6,9,11H,4,7-8,10,16H2,1-3H3. The maximum atomic E-state index is 13.2. The molecule has 0 heterocycles. The van der Waals surface area contributed by atoms with Gasteiger partial charge in [0.1, 0.15) is 5.82 Å². The number of nitrogen functional groups attached to an aromatic ring is 1. The van der Waals surface area contributed by atoms with Crippen molar-refractivity contribution in [2.45, 2.75) is 32.9 Å². The van der Waals surface area contributed by atoms with Gasteiger partial charge in [-0.3, -0.25) is 4.90 Å². The predicted octanol–water partition coefficient (Wildman–Crippen LogP) is 2.65. The van der Waals surface area contributed by atoms with Crippen LogP contribution in [0.4, 0.5) is 10.1 Å². The topological polar surface area (TPSA) is 38.5 Å². The minimum Gasteiger partial charge on any atom is -0.398 e. The average Bonchev–Trinajstić information content (AvgIpc) is 2.37. The lowest BCUT2D eigenvalue weighted by Gasteiger charge is -2.28. The Labute approximate surface area is 109 Å². The molecule has 18 heavy (non-hydrogen) atoms. The van der Waals surface area contributed by atoms with Crippen LogP contribution in [0.3, 0.4) is 0 Å². The van der Waals surface area contributed by atoms with Gasteiger partial charge in [-0.2, -0.15) is 0 Å². The number of ether oxygens (including phenoxy) is 1. The van der Waals surface area contributed by atoms with Crippen LogP contribution in [-0.4, -0.2) is 31.2 Å². The van der Waals surface area contributed by atoms with Crippen molar-refractivity contribution >= 4 is 5.69 Å². The molecule has 0 aliphatic heterocycles. The molecule has 0 saturated heterocycles. The minimum atomic E-state index is -0.241. The molecule has 1 aromatic rings. The van der Waals surface area contributed by atoms with Crippen molar-refractivity contribution in [1.82, 2.24) is 4.90 Å². The van der Waals surface area contributed by atoms with E-state index < -0.39 is 0 Å². The number of nitrogens with zero attached hydrogens (tertiary/aromatic N) is 1. The SMILES string of the molecule is CCC(C)N(CCOC)Cc1cc(F)ccc1N. The summed E-state index contributed by atoms with van der Waals surface area (Å²) in [5, 5.41) is 0. The molecule has 4 heteroatoms. The van der Waals surface area contributed by atoms with Crippen molar-refractivity contribution in [1.29, 1.82) is 0 Å². The van der Waals surface area contributed by atoms with Crippen LogP contribution in [0.15, 0.2) is 18.2 Å². The zero-order chi connectivity index (χ0) is 13.5. The van der Waals surface area contributed by atoms with Gasteiger partial charge in [-0.25, -0.2) is 4.39 Å². The fourth-order valence-corrected chi connectivity index (χ4v) is 1.85. The highest BCUT2D eigenvalue weighted by Crippen LogP contribution is 2.17. The van der Waals surface area contributed by atoms with E-state index in [9.17, 15) is 4.39 Å². The zero-order valence-corrected chi connectivity index (χ0v) is 11.4. The first kappa shape index (κ1) is 14.9. The number of anilines is 1. The highest BCUT2D eigenvalue weighted by atomic mass is 19.1. The number of hydrogen-bond donors (Lipinski definition) is 1. The molecule has 2 N–H and O–H groups in total. The first-order chi connectivity index (χ1) is 8.58. The molecule has 0 spiro atoms. The van der Waals surface area contributed by atoms with E-state index in [1.165, 1.54) is 12.1 Å². The Kier molecular flexibility index (Phi) is 6.09. The lowest BCUT2D eigenvalue weighted by Crippen LogP contribution is -2.35. The lowest BCUT2D eigenvalue weighted by molar-refractivity contribution is 0.118. The van der Waals surface area contributed by atoms with Crippen LogP contribution in [0.1, 0.15) is 25.8 Å². The van der Waals surface area contributed by atoms with Gasteiger partial charge in [-0.05, 0) is 37.1 Å². The molecule has 0 aliphatic carbocycles. The van der Waals surface area contributed by atoms with Gasteiger partial charge < -0.3 is 10.5 Å². The van der Waals surface area contributed by atoms with Crippen LogP contribution in [0, 0.1) is 5.82 Å². The molecular formula is C14H23FN2O. The highest BCUT2D eigenvalue weighted by Gasteiger charge is 2.14. The minimum absolute atomic E-state index is 0.241. The van der Waals surface area contributed by atoms with Gasteiger partial charge in [0.05, 0.1) is 6.61 Å². The number of rotatable bonds is 7. The number of hydrogen-bond acceptors (Lipinski definition) is 3. The Morgan fingerprint density at radius 1 is 1.44 bits per heavy atom. The van der Waals surface area contributed by atoms with Crippen LogP contribution >= 0.6 is 0 Å². The third-order valence-corrected chi connectivity index (χ3v) is 3.28. The van der Waals surface area contributed by atoms with E-state index in [-0.39, 0.29) is 5.82 Å². The Bertz CT molecular complexity index is 371. The molecule has 1 aromatic carbocycles. The summed E-state index contributed by atoms with van der Waals surface area (Å²) in [5.41, 5.74) is 7.36. The summed E-state index contributed by atoms with van der Waals surface area (Å²) in [6, 6.07) is 4.94. The third kappa shape index (κ3) is 4.27. The second-order valence-electron chi connectivity index (χ2n) is 4.56. The molecule has 1 rings (SSSR count).